The molecule has 0 fully saturated rings. The van der Waals surface area contributed by atoms with Crippen LogP contribution in [-0.2, 0) is 0 Å². The third-order valence-electron chi connectivity index (χ3n) is 2.57. The number of allylic oxidation sites excluding steroid dienone is 1. The van der Waals surface area contributed by atoms with Crippen LogP contribution in [0.5, 0.6) is 0 Å². The van der Waals surface area contributed by atoms with Gasteiger partial charge in [-0.2, -0.15) is 0 Å². The van der Waals surface area contributed by atoms with Gasteiger partial charge >= 0.3 is 0 Å². The Bertz CT molecular complexity index is 439. The lowest BCUT2D eigenvalue weighted by Crippen LogP contribution is -2.21. The van der Waals surface area contributed by atoms with Crippen molar-refractivity contribution in [2.24, 2.45) is 0 Å². The molecule has 98 valence electrons. The molecule has 0 radical (unpaired) electrons. The third kappa shape index (κ3) is 3.80. The summed E-state index contributed by atoms with van der Waals surface area (Å²) in [4.78, 5) is 13.3. The number of rotatable bonds is 5. The van der Waals surface area contributed by atoms with Gasteiger partial charge in [-0.1, -0.05) is 12.2 Å². The SMILES string of the molecule is C/C=C/CCNc1ccc(C(=O)N(C)C)cc1N. The molecule has 0 saturated heterocycles. The molecule has 0 aliphatic carbocycles. The van der Waals surface area contributed by atoms with Crippen molar-refractivity contribution in [3.8, 4) is 0 Å². The highest BCUT2D eigenvalue weighted by molar-refractivity contribution is 5.95. The Labute approximate surface area is 108 Å². The van der Waals surface area contributed by atoms with E-state index in [1.807, 2.05) is 19.1 Å². The van der Waals surface area contributed by atoms with Gasteiger partial charge in [0, 0.05) is 26.2 Å². The minimum atomic E-state index is -0.0397. The molecule has 1 rings (SSSR count). The summed E-state index contributed by atoms with van der Waals surface area (Å²) in [5.41, 5.74) is 8.00. The van der Waals surface area contributed by atoms with Crippen LogP contribution in [0.2, 0.25) is 0 Å². The van der Waals surface area contributed by atoms with Gasteiger partial charge in [-0.3, -0.25) is 4.79 Å². The normalized spacial score (nSPS) is 10.6. The fourth-order valence-electron chi connectivity index (χ4n) is 1.57. The molecule has 0 spiro atoms. The minimum absolute atomic E-state index is 0.0397. The molecule has 1 aromatic carbocycles. The van der Waals surface area contributed by atoms with Crippen LogP contribution in [-0.4, -0.2) is 31.4 Å². The van der Waals surface area contributed by atoms with Crippen molar-refractivity contribution < 1.29 is 4.79 Å². The van der Waals surface area contributed by atoms with E-state index in [1.54, 1.807) is 26.2 Å². The summed E-state index contributed by atoms with van der Waals surface area (Å²) in [6.45, 7) is 2.82. The summed E-state index contributed by atoms with van der Waals surface area (Å²) < 4.78 is 0. The molecule has 4 heteroatoms. The number of carbonyl (C=O) groups is 1. The number of anilines is 2. The Morgan fingerprint density at radius 1 is 1.44 bits per heavy atom. The van der Waals surface area contributed by atoms with Gasteiger partial charge in [0.2, 0.25) is 0 Å². The number of amides is 1. The van der Waals surface area contributed by atoms with Crippen LogP contribution in [0.3, 0.4) is 0 Å². The van der Waals surface area contributed by atoms with Crippen LogP contribution < -0.4 is 11.1 Å². The second-order valence-corrected chi connectivity index (χ2v) is 4.29. The number of hydrogen-bond donors (Lipinski definition) is 2. The molecule has 0 aliphatic heterocycles. The predicted molar refractivity (Wildman–Crippen MR) is 76.8 cm³/mol. The van der Waals surface area contributed by atoms with E-state index >= 15 is 0 Å². The van der Waals surface area contributed by atoms with Crippen LogP contribution >= 0.6 is 0 Å². The largest absolute Gasteiger partial charge is 0.397 e. The number of nitrogen functional groups attached to an aromatic ring is 1. The molecule has 18 heavy (non-hydrogen) atoms. The van der Waals surface area contributed by atoms with E-state index < -0.39 is 0 Å². The summed E-state index contributed by atoms with van der Waals surface area (Å²) in [5.74, 6) is -0.0397. The van der Waals surface area contributed by atoms with E-state index in [1.165, 1.54) is 4.90 Å². The molecule has 0 aromatic heterocycles. The standard InChI is InChI=1S/C14H21N3O/c1-4-5-6-9-16-13-8-7-11(10-12(13)15)14(18)17(2)3/h4-5,7-8,10,16H,6,9,15H2,1-3H3/b5-4+. The molecular formula is C14H21N3O. The van der Waals surface area contributed by atoms with Gasteiger partial charge in [0.05, 0.1) is 11.4 Å². The predicted octanol–water partition coefficient (Wildman–Crippen LogP) is 2.35. The average Bonchev–Trinajstić information content (AvgIpc) is 2.35. The zero-order chi connectivity index (χ0) is 13.5. The molecule has 0 bridgehead atoms. The fraction of sp³-hybridized carbons (Fsp3) is 0.357. The highest BCUT2D eigenvalue weighted by atomic mass is 16.2. The summed E-state index contributed by atoms with van der Waals surface area (Å²) in [5, 5.41) is 3.24. The molecule has 0 saturated carbocycles. The zero-order valence-corrected chi connectivity index (χ0v) is 11.2. The summed E-state index contributed by atoms with van der Waals surface area (Å²) >= 11 is 0. The van der Waals surface area contributed by atoms with Crippen LogP contribution in [0.15, 0.2) is 30.4 Å². The summed E-state index contributed by atoms with van der Waals surface area (Å²) in [7, 11) is 3.45. The van der Waals surface area contributed by atoms with Gasteiger partial charge in [0.1, 0.15) is 0 Å². The molecule has 3 N–H and O–H groups in total. The molecule has 0 atom stereocenters. The maximum Gasteiger partial charge on any atom is 0.253 e. The number of hydrogen-bond acceptors (Lipinski definition) is 3. The molecule has 0 aliphatic rings. The Kier molecular flexibility index (Phi) is 5.24. The van der Waals surface area contributed by atoms with Crippen molar-refractivity contribution in [1.82, 2.24) is 4.90 Å². The van der Waals surface area contributed by atoms with Crippen LogP contribution in [0.1, 0.15) is 23.7 Å². The monoisotopic (exact) mass is 247 g/mol. The van der Waals surface area contributed by atoms with Crippen molar-refractivity contribution in [2.45, 2.75) is 13.3 Å². The van der Waals surface area contributed by atoms with Crippen molar-refractivity contribution in [1.29, 1.82) is 0 Å². The number of benzene rings is 1. The van der Waals surface area contributed by atoms with Crippen molar-refractivity contribution in [3.05, 3.63) is 35.9 Å². The van der Waals surface area contributed by atoms with Crippen LogP contribution in [0.4, 0.5) is 11.4 Å². The average molecular weight is 247 g/mol. The van der Waals surface area contributed by atoms with Crippen LogP contribution in [0, 0.1) is 0 Å². The lowest BCUT2D eigenvalue weighted by atomic mass is 10.1. The molecular weight excluding hydrogens is 226 g/mol. The number of nitrogens with zero attached hydrogens (tertiary/aromatic N) is 1. The molecule has 1 amide bonds. The van der Waals surface area contributed by atoms with Gasteiger partial charge in [0.15, 0.2) is 0 Å². The molecule has 0 heterocycles. The molecule has 4 nitrogen and oxygen atoms in total. The van der Waals surface area contributed by atoms with E-state index in [0.29, 0.717) is 11.3 Å². The minimum Gasteiger partial charge on any atom is -0.397 e. The lowest BCUT2D eigenvalue weighted by Gasteiger charge is -2.13. The first-order valence-corrected chi connectivity index (χ1v) is 6.02. The van der Waals surface area contributed by atoms with E-state index in [0.717, 1.165) is 18.7 Å². The van der Waals surface area contributed by atoms with Gasteiger partial charge in [0.25, 0.3) is 5.91 Å². The second-order valence-electron chi connectivity index (χ2n) is 4.29. The smallest absolute Gasteiger partial charge is 0.253 e. The highest BCUT2D eigenvalue weighted by Gasteiger charge is 2.09. The Morgan fingerprint density at radius 3 is 2.72 bits per heavy atom. The van der Waals surface area contributed by atoms with Crippen molar-refractivity contribution >= 4 is 17.3 Å². The number of nitrogens with two attached hydrogens (primary N) is 1. The number of nitrogens with one attached hydrogen (secondary N) is 1. The highest BCUT2D eigenvalue weighted by Crippen LogP contribution is 2.20. The topological polar surface area (TPSA) is 58.4 Å². The van der Waals surface area contributed by atoms with E-state index in [-0.39, 0.29) is 5.91 Å². The second kappa shape index (κ2) is 6.69. The third-order valence-corrected chi connectivity index (χ3v) is 2.57. The van der Waals surface area contributed by atoms with Gasteiger partial charge in [-0.25, -0.2) is 0 Å². The Hall–Kier alpha value is -1.97. The van der Waals surface area contributed by atoms with Gasteiger partial charge in [-0.15, -0.1) is 0 Å². The fourth-order valence-corrected chi connectivity index (χ4v) is 1.57. The summed E-state index contributed by atoms with van der Waals surface area (Å²) in [6.07, 6.45) is 5.06. The van der Waals surface area contributed by atoms with E-state index in [2.05, 4.69) is 11.4 Å². The molecule has 1 aromatic rings. The maximum absolute atomic E-state index is 11.7. The first kappa shape index (κ1) is 14.1. The maximum atomic E-state index is 11.7. The first-order chi connectivity index (χ1) is 8.56. The molecule has 0 unspecified atom stereocenters. The Morgan fingerprint density at radius 2 is 2.17 bits per heavy atom. The van der Waals surface area contributed by atoms with Crippen molar-refractivity contribution in [3.63, 3.8) is 0 Å². The van der Waals surface area contributed by atoms with Crippen LogP contribution in [0.25, 0.3) is 0 Å². The first-order valence-electron chi connectivity index (χ1n) is 6.02. The summed E-state index contributed by atoms with van der Waals surface area (Å²) in [6, 6.07) is 5.35. The number of carbonyl (C=O) groups excluding carboxylic acids is 1. The van der Waals surface area contributed by atoms with E-state index in [4.69, 9.17) is 5.73 Å². The van der Waals surface area contributed by atoms with Gasteiger partial charge in [-0.05, 0) is 31.5 Å². The van der Waals surface area contributed by atoms with E-state index in [9.17, 15) is 4.79 Å². The Balaban J connectivity index is 2.71. The zero-order valence-electron chi connectivity index (χ0n) is 11.2. The quantitative estimate of drug-likeness (QED) is 0.477. The van der Waals surface area contributed by atoms with Gasteiger partial charge < -0.3 is 16.0 Å². The lowest BCUT2D eigenvalue weighted by molar-refractivity contribution is 0.0827. The van der Waals surface area contributed by atoms with Crippen molar-refractivity contribution in [2.75, 3.05) is 31.7 Å².